The maximum absolute atomic E-state index is 13.6. The summed E-state index contributed by atoms with van der Waals surface area (Å²) in [5.74, 6) is 2.19. The standard InChI is InChI=1S/C31H31Br2N3O3/c1-3-38-28-15-23(26(33)17-29(28)39-19-21-11-9-20(2)10-12-21)18-34-36-30(22-7-5-4-6-8-22)35-27-14-13-24(32)16-25(27)31(36)37/h9-18,22H,3-8,19H2,1-2H3. The molecule has 1 aliphatic carbocycles. The van der Waals surface area contributed by atoms with Gasteiger partial charge in [-0.1, -0.05) is 65.0 Å². The quantitative estimate of drug-likeness (QED) is 0.180. The van der Waals surface area contributed by atoms with Gasteiger partial charge in [0.1, 0.15) is 12.4 Å². The zero-order valence-electron chi connectivity index (χ0n) is 22.1. The van der Waals surface area contributed by atoms with Gasteiger partial charge in [-0.05, 0) is 78.5 Å². The summed E-state index contributed by atoms with van der Waals surface area (Å²) in [5, 5.41) is 5.24. The molecule has 39 heavy (non-hydrogen) atoms. The second kappa shape index (κ2) is 12.5. The Balaban J connectivity index is 1.50. The van der Waals surface area contributed by atoms with Crippen LogP contribution in [0.15, 0.2) is 73.4 Å². The molecule has 0 unspecified atom stereocenters. The summed E-state index contributed by atoms with van der Waals surface area (Å²) in [6.07, 6.45) is 7.20. The molecule has 0 amide bonds. The van der Waals surface area contributed by atoms with Gasteiger partial charge in [-0.15, -0.1) is 0 Å². The lowest BCUT2D eigenvalue weighted by Gasteiger charge is -2.22. The van der Waals surface area contributed by atoms with Crippen LogP contribution in [0.5, 0.6) is 11.5 Å². The normalized spacial score (nSPS) is 14.3. The molecule has 0 spiro atoms. The van der Waals surface area contributed by atoms with E-state index in [1.54, 1.807) is 6.21 Å². The van der Waals surface area contributed by atoms with Crippen molar-refractivity contribution in [2.75, 3.05) is 6.61 Å². The summed E-state index contributed by atoms with van der Waals surface area (Å²) in [6.45, 7) is 4.93. The van der Waals surface area contributed by atoms with Crippen molar-refractivity contribution >= 4 is 49.0 Å². The topological polar surface area (TPSA) is 65.7 Å². The summed E-state index contributed by atoms with van der Waals surface area (Å²) in [6, 6.07) is 17.7. The van der Waals surface area contributed by atoms with Crippen LogP contribution >= 0.6 is 31.9 Å². The third kappa shape index (κ3) is 6.44. The Morgan fingerprint density at radius 1 is 1.00 bits per heavy atom. The predicted molar refractivity (Wildman–Crippen MR) is 163 cm³/mol. The molecular formula is C31H31Br2N3O3. The molecule has 0 N–H and O–H groups in total. The van der Waals surface area contributed by atoms with E-state index in [1.165, 1.54) is 16.7 Å². The summed E-state index contributed by atoms with van der Waals surface area (Å²) in [4.78, 5) is 18.6. The van der Waals surface area contributed by atoms with E-state index in [0.29, 0.717) is 35.6 Å². The first kappa shape index (κ1) is 27.6. The summed E-state index contributed by atoms with van der Waals surface area (Å²) >= 11 is 7.15. The number of benzene rings is 3. The summed E-state index contributed by atoms with van der Waals surface area (Å²) < 4.78 is 15.1. The van der Waals surface area contributed by atoms with E-state index in [4.69, 9.17) is 19.6 Å². The van der Waals surface area contributed by atoms with Crippen molar-refractivity contribution in [1.82, 2.24) is 9.66 Å². The van der Waals surface area contributed by atoms with E-state index in [-0.39, 0.29) is 11.5 Å². The van der Waals surface area contributed by atoms with Gasteiger partial charge in [0.05, 0.1) is 23.7 Å². The SMILES string of the molecule is CCOc1cc(C=Nn2c(C3CCCCC3)nc3ccc(Br)cc3c2=O)c(Br)cc1OCc1ccc(C)cc1. The minimum atomic E-state index is -0.169. The van der Waals surface area contributed by atoms with Crippen LogP contribution in [0.1, 0.15) is 67.5 Å². The van der Waals surface area contributed by atoms with Crippen LogP contribution in [0.3, 0.4) is 0 Å². The Morgan fingerprint density at radius 2 is 1.74 bits per heavy atom. The van der Waals surface area contributed by atoms with Crippen LogP contribution in [0, 0.1) is 6.92 Å². The number of nitrogens with zero attached hydrogens (tertiary/aromatic N) is 3. The molecule has 6 nitrogen and oxygen atoms in total. The number of rotatable bonds is 8. The lowest BCUT2D eigenvalue weighted by molar-refractivity contribution is 0.269. The highest BCUT2D eigenvalue weighted by atomic mass is 79.9. The van der Waals surface area contributed by atoms with E-state index in [2.05, 4.69) is 63.0 Å². The van der Waals surface area contributed by atoms with Gasteiger partial charge in [0.2, 0.25) is 0 Å². The molecule has 3 aromatic carbocycles. The second-order valence-corrected chi connectivity index (χ2v) is 11.6. The molecule has 0 bridgehead atoms. The molecule has 4 aromatic rings. The highest BCUT2D eigenvalue weighted by Crippen LogP contribution is 2.35. The maximum Gasteiger partial charge on any atom is 0.282 e. The number of halogens is 2. The van der Waals surface area contributed by atoms with Crippen LogP contribution in [0.4, 0.5) is 0 Å². The first-order valence-electron chi connectivity index (χ1n) is 13.3. The zero-order chi connectivity index (χ0) is 27.4. The number of aryl methyl sites for hydroxylation is 1. The minimum absolute atomic E-state index is 0.169. The fourth-order valence-corrected chi connectivity index (χ4v) is 5.68. The first-order chi connectivity index (χ1) is 18.9. The molecule has 5 rings (SSSR count). The Morgan fingerprint density at radius 3 is 2.49 bits per heavy atom. The van der Waals surface area contributed by atoms with Crippen LogP contribution in [-0.2, 0) is 6.61 Å². The Bertz CT molecular complexity index is 1560. The van der Waals surface area contributed by atoms with Gasteiger partial charge in [0.15, 0.2) is 11.5 Å². The van der Waals surface area contributed by atoms with Gasteiger partial charge in [-0.25, -0.2) is 4.98 Å². The van der Waals surface area contributed by atoms with E-state index < -0.39 is 0 Å². The minimum Gasteiger partial charge on any atom is -0.490 e. The number of ether oxygens (including phenoxy) is 2. The fraction of sp³-hybridized carbons (Fsp3) is 0.323. The largest absolute Gasteiger partial charge is 0.490 e. The lowest BCUT2D eigenvalue weighted by atomic mass is 9.88. The van der Waals surface area contributed by atoms with Crippen LogP contribution < -0.4 is 15.0 Å². The summed E-state index contributed by atoms with van der Waals surface area (Å²) in [5.41, 5.74) is 3.59. The van der Waals surface area contributed by atoms with Gasteiger partial charge in [0, 0.05) is 20.4 Å². The molecule has 1 saturated carbocycles. The van der Waals surface area contributed by atoms with Crippen LogP contribution in [-0.4, -0.2) is 22.5 Å². The van der Waals surface area contributed by atoms with E-state index in [1.807, 2.05) is 37.3 Å². The zero-order valence-corrected chi connectivity index (χ0v) is 25.3. The third-order valence-electron chi connectivity index (χ3n) is 6.99. The number of hydrogen-bond acceptors (Lipinski definition) is 5. The molecule has 1 fully saturated rings. The Hall–Kier alpha value is -2.97. The van der Waals surface area contributed by atoms with E-state index in [9.17, 15) is 4.79 Å². The summed E-state index contributed by atoms with van der Waals surface area (Å²) in [7, 11) is 0. The lowest BCUT2D eigenvalue weighted by Crippen LogP contribution is -2.25. The molecule has 8 heteroatoms. The molecule has 0 radical (unpaired) electrons. The predicted octanol–water partition coefficient (Wildman–Crippen LogP) is 8.14. The second-order valence-electron chi connectivity index (χ2n) is 9.86. The molecule has 0 atom stereocenters. The highest BCUT2D eigenvalue weighted by molar-refractivity contribution is 9.10. The van der Waals surface area contributed by atoms with Crippen molar-refractivity contribution < 1.29 is 9.47 Å². The fourth-order valence-electron chi connectivity index (χ4n) is 4.90. The average molecular weight is 653 g/mol. The Kier molecular flexibility index (Phi) is 8.82. The van der Waals surface area contributed by atoms with Gasteiger partial charge in [-0.2, -0.15) is 9.78 Å². The number of hydrogen-bond donors (Lipinski definition) is 0. The molecule has 0 saturated heterocycles. The highest BCUT2D eigenvalue weighted by Gasteiger charge is 2.22. The van der Waals surface area contributed by atoms with Gasteiger partial charge >= 0.3 is 0 Å². The van der Waals surface area contributed by atoms with E-state index in [0.717, 1.165) is 51.6 Å². The monoisotopic (exact) mass is 651 g/mol. The van der Waals surface area contributed by atoms with Crippen molar-refractivity contribution in [3.8, 4) is 11.5 Å². The van der Waals surface area contributed by atoms with Crippen LogP contribution in [0.25, 0.3) is 10.9 Å². The third-order valence-corrected chi connectivity index (χ3v) is 8.17. The maximum atomic E-state index is 13.6. The van der Waals surface area contributed by atoms with Gasteiger partial charge in [0.25, 0.3) is 5.56 Å². The van der Waals surface area contributed by atoms with Gasteiger partial charge < -0.3 is 9.47 Å². The average Bonchev–Trinajstić information content (AvgIpc) is 2.94. The van der Waals surface area contributed by atoms with Crippen molar-refractivity contribution in [2.45, 2.75) is 58.5 Å². The van der Waals surface area contributed by atoms with Crippen molar-refractivity contribution in [2.24, 2.45) is 5.10 Å². The van der Waals surface area contributed by atoms with E-state index >= 15 is 0 Å². The van der Waals surface area contributed by atoms with Crippen LogP contribution in [0.2, 0.25) is 0 Å². The molecule has 1 aromatic heterocycles. The van der Waals surface area contributed by atoms with Gasteiger partial charge in [-0.3, -0.25) is 4.79 Å². The molecule has 202 valence electrons. The van der Waals surface area contributed by atoms with Crippen molar-refractivity contribution in [3.05, 3.63) is 96.4 Å². The number of fused-ring (bicyclic) bond motifs is 1. The van der Waals surface area contributed by atoms with Crippen molar-refractivity contribution in [1.29, 1.82) is 0 Å². The van der Waals surface area contributed by atoms with Crippen molar-refractivity contribution in [3.63, 3.8) is 0 Å². The first-order valence-corrected chi connectivity index (χ1v) is 14.9. The molecule has 0 aliphatic heterocycles. The Labute approximate surface area is 245 Å². The smallest absolute Gasteiger partial charge is 0.282 e. The molecule has 1 aliphatic rings. The molecule has 1 heterocycles. The molecular weight excluding hydrogens is 622 g/mol. The number of aromatic nitrogens is 2.